The van der Waals surface area contributed by atoms with E-state index in [0.29, 0.717) is 5.33 Å². The number of thiophene rings is 1. The van der Waals surface area contributed by atoms with E-state index in [4.69, 9.17) is 0 Å². The van der Waals surface area contributed by atoms with Gasteiger partial charge in [0.2, 0.25) is 0 Å². The van der Waals surface area contributed by atoms with Gasteiger partial charge in [-0.05, 0) is 17.7 Å². The molecule has 4 heteroatoms. The maximum Gasteiger partial charge on any atom is 0.257 e. The van der Waals surface area contributed by atoms with E-state index in [0.717, 1.165) is 26.9 Å². The van der Waals surface area contributed by atoms with Crippen molar-refractivity contribution in [2.75, 3.05) is 5.32 Å². The van der Waals surface area contributed by atoms with Gasteiger partial charge in [0.1, 0.15) is 0 Å². The molecule has 0 aliphatic rings. The quantitative estimate of drug-likeness (QED) is 0.661. The minimum Gasteiger partial charge on any atom is -0.322 e. The average molecular weight is 346 g/mol. The van der Waals surface area contributed by atoms with Crippen LogP contribution in [0.4, 0.5) is 5.69 Å². The summed E-state index contributed by atoms with van der Waals surface area (Å²) in [6.45, 7) is 0. The third-order valence-corrected chi connectivity index (χ3v) is 4.70. The maximum atomic E-state index is 12.4. The van der Waals surface area contributed by atoms with E-state index in [9.17, 15) is 4.79 Å². The average Bonchev–Trinajstić information content (AvgIpc) is 2.92. The zero-order chi connectivity index (χ0) is 13.9. The Hall–Kier alpha value is -1.65. The number of halogens is 1. The molecule has 0 spiro atoms. The second-order valence-electron chi connectivity index (χ2n) is 4.39. The number of hydrogen-bond donors (Lipinski definition) is 1. The number of anilines is 1. The number of alkyl halides is 1. The first kappa shape index (κ1) is 13.3. The van der Waals surface area contributed by atoms with E-state index < -0.39 is 0 Å². The van der Waals surface area contributed by atoms with Crippen LogP contribution < -0.4 is 5.32 Å². The smallest absolute Gasteiger partial charge is 0.257 e. The predicted octanol–water partition coefficient (Wildman–Crippen LogP) is 5.05. The van der Waals surface area contributed by atoms with Crippen LogP contribution in [0.3, 0.4) is 0 Å². The summed E-state index contributed by atoms with van der Waals surface area (Å²) in [6.07, 6.45) is 0. The van der Waals surface area contributed by atoms with Gasteiger partial charge in [-0.15, -0.1) is 11.3 Å². The number of benzene rings is 2. The Morgan fingerprint density at radius 3 is 2.70 bits per heavy atom. The molecule has 1 aromatic heterocycles. The van der Waals surface area contributed by atoms with Crippen LogP contribution in [0.15, 0.2) is 53.9 Å². The molecule has 0 radical (unpaired) electrons. The number of nitrogens with one attached hydrogen (secondary N) is 1. The van der Waals surface area contributed by atoms with Gasteiger partial charge in [-0.1, -0.05) is 52.3 Å². The summed E-state index contributed by atoms with van der Waals surface area (Å²) in [5.74, 6) is -0.0594. The van der Waals surface area contributed by atoms with Crippen LogP contribution in [0, 0.1) is 0 Å². The molecule has 100 valence electrons. The molecule has 3 aromatic rings. The first-order valence-electron chi connectivity index (χ1n) is 6.21. The maximum absolute atomic E-state index is 12.4. The van der Waals surface area contributed by atoms with Gasteiger partial charge in [0.05, 0.1) is 5.56 Å². The van der Waals surface area contributed by atoms with Gasteiger partial charge in [0.15, 0.2) is 0 Å². The Labute approximate surface area is 129 Å². The molecule has 1 amide bonds. The molecule has 0 fully saturated rings. The van der Waals surface area contributed by atoms with Crippen molar-refractivity contribution in [3.05, 3.63) is 65.0 Å². The van der Waals surface area contributed by atoms with Crippen LogP contribution in [-0.2, 0) is 5.33 Å². The number of hydrogen-bond acceptors (Lipinski definition) is 2. The van der Waals surface area contributed by atoms with Crippen molar-refractivity contribution in [1.29, 1.82) is 0 Å². The predicted molar refractivity (Wildman–Crippen MR) is 88.9 cm³/mol. The van der Waals surface area contributed by atoms with Gasteiger partial charge in [-0.3, -0.25) is 4.79 Å². The van der Waals surface area contributed by atoms with E-state index in [-0.39, 0.29) is 5.91 Å². The number of carbonyl (C=O) groups excluding carboxylic acids is 1. The third kappa shape index (κ3) is 2.49. The minimum absolute atomic E-state index is 0.0594. The normalized spacial score (nSPS) is 10.7. The van der Waals surface area contributed by atoms with E-state index in [1.165, 1.54) is 0 Å². The van der Waals surface area contributed by atoms with Crippen molar-refractivity contribution < 1.29 is 4.79 Å². The molecule has 20 heavy (non-hydrogen) atoms. The summed E-state index contributed by atoms with van der Waals surface area (Å²) in [7, 11) is 0. The standard InChI is InChI=1S/C16H12BrNOS/c17-9-11-5-1-3-7-14(11)18-16(19)13-10-20-15-8-4-2-6-12(13)15/h1-8,10H,9H2,(H,18,19). The van der Waals surface area contributed by atoms with Crippen molar-refractivity contribution >= 4 is 48.9 Å². The van der Waals surface area contributed by atoms with Crippen LogP contribution in [0.5, 0.6) is 0 Å². The Balaban J connectivity index is 1.93. The second-order valence-corrected chi connectivity index (χ2v) is 5.86. The summed E-state index contributed by atoms with van der Waals surface area (Å²) in [4.78, 5) is 12.4. The molecule has 2 aromatic carbocycles. The topological polar surface area (TPSA) is 29.1 Å². The summed E-state index contributed by atoms with van der Waals surface area (Å²) >= 11 is 5.03. The molecular formula is C16H12BrNOS. The van der Waals surface area contributed by atoms with Crippen LogP contribution in [-0.4, -0.2) is 5.91 Å². The Kier molecular flexibility index (Phi) is 3.85. The summed E-state index contributed by atoms with van der Waals surface area (Å²) < 4.78 is 1.13. The van der Waals surface area contributed by atoms with Gasteiger partial charge in [-0.2, -0.15) is 0 Å². The number of carbonyl (C=O) groups is 1. The lowest BCUT2D eigenvalue weighted by Gasteiger charge is -2.08. The van der Waals surface area contributed by atoms with E-state index in [1.54, 1.807) is 11.3 Å². The van der Waals surface area contributed by atoms with Gasteiger partial charge >= 0.3 is 0 Å². The number of fused-ring (bicyclic) bond motifs is 1. The molecular weight excluding hydrogens is 334 g/mol. The lowest BCUT2D eigenvalue weighted by molar-refractivity contribution is 0.102. The van der Waals surface area contributed by atoms with Crippen LogP contribution in [0.2, 0.25) is 0 Å². The summed E-state index contributed by atoms with van der Waals surface area (Å²) in [5, 5.41) is 6.63. The first-order chi connectivity index (χ1) is 9.79. The molecule has 1 N–H and O–H groups in total. The monoisotopic (exact) mass is 345 g/mol. The molecule has 1 heterocycles. The lowest BCUT2D eigenvalue weighted by atomic mass is 10.1. The molecule has 0 saturated heterocycles. The van der Waals surface area contributed by atoms with Gasteiger partial charge in [0, 0.05) is 26.5 Å². The van der Waals surface area contributed by atoms with Gasteiger partial charge in [0.25, 0.3) is 5.91 Å². The van der Waals surface area contributed by atoms with E-state index in [1.807, 2.05) is 53.9 Å². The zero-order valence-electron chi connectivity index (χ0n) is 10.6. The van der Waals surface area contributed by atoms with Crippen molar-refractivity contribution in [1.82, 2.24) is 0 Å². The Morgan fingerprint density at radius 2 is 1.85 bits per heavy atom. The fourth-order valence-electron chi connectivity index (χ4n) is 2.10. The highest BCUT2D eigenvalue weighted by molar-refractivity contribution is 9.08. The van der Waals surface area contributed by atoms with Crippen LogP contribution in [0.1, 0.15) is 15.9 Å². The van der Waals surface area contributed by atoms with E-state index in [2.05, 4.69) is 21.2 Å². The Bertz CT molecular complexity index is 766. The molecule has 0 aliphatic carbocycles. The van der Waals surface area contributed by atoms with Crippen molar-refractivity contribution in [3.8, 4) is 0 Å². The lowest BCUT2D eigenvalue weighted by Crippen LogP contribution is -2.12. The van der Waals surface area contributed by atoms with Crippen LogP contribution >= 0.6 is 27.3 Å². The summed E-state index contributed by atoms with van der Waals surface area (Å²) in [5.41, 5.74) is 2.65. The number of amides is 1. The third-order valence-electron chi connectivity index (χ3n) is 3.14. The fraction of sp³-hybridized carbons (Fsp3) is 0.0625. The number of para-hydroxylation sites is 1. The Morgan fingerprint density at radius 1 is 1.10 bits per heavy atom. The summed E-state index contributed by atoms with van der Waals surface area (Å²) in [6, 6.07) is 15.8. The van der Waals surface area contributed by atoms with Gasteiger partial charge in [-0.25, -0.2) is 0 Å². The molecule has 3 rings (SSSR count). The van der Waals surface area contributed by atoms with Crippen molar-refractivity contribution in [3.63, 3.8) is 0 Å². The second kappa shape index (κ2) is 5.77. The molecule has 0 bridgehead atoms. The molecule has 0 aliphatic heterocycles. The number of rotatable bonds is 3. The van der Waals surface area contributed by atoms with E-state index >= 15 is 0 Å². The van der Waals surface area contributed by atoms with Crippen LogP contribution in [0.25, 0.3) is 10.1 Å². The van der Waals surface area contributed by atoms with Crippen molar-refractivity contribution in [2.45, 2.75) is 5.33 Å². The molecule has 0 atom stereocenters. The zero-order valence-corrected chi connectivity index (χ0v) is 13.0. The minimum atomic E-state index is -0.0594. The molecule has 2 nitrogen and oxygen atoms in total. The van der Waals surface area contributed by atoms with Crippen molar-refractivity contribution in [2.24, 2.45) is 0 Å². The largest absolute Gasteiger partial charge is 0.322 e. The molecule has 0 unspecified atom stereocenters. The molecule has 0 saturated carbocycles. The van der Waals surface area contributed by atoms with Gasteiger partial charge < -0.3 is 5.32 Å². The first-order valence-corrected chi connectivity index (χ1v) is 8.21. The SMILES string of the molecule is O=C(Nc1ccccc1CBr)c1csc2ccccc12. The highest BCUT2D eigenvalue weighted by Gasteiger charge is 2.13. The fourth-order valence-corrected chi connectivity index (χ4v) is 3.53. The highest BCUT2D eigenvalue weighted by atomic mass is 79.9. The highest BCUT2D eigenvalue weighted by Crippen LogP contribution is 2.27.